The molecule has 3 aromatic rings. The number of alkyl halides is 3. The van der Waals surface area contributed by atoms with E-state index in [4.69, 9.17) is 11.5 Å². The Balaban J connectivity index is 2.02. The van der Waals surface area contributed by atoms with E-state index in [1.54, 1.807) is 0 Å². The van der Waals surface area contributed by atoms with E-state index in [1.807, 2.05) is 0 Å². The number of nitrogen functional groups attached to an aromatic ring is 2. The predicted molar refractivity (Wildman–Crippen MR) is 84.3 cm³/mol. The molecule has 3 rings (SSSR count). The molecule has 0 radical (unpaired) electrons. The maximum Gasteiger partial charge on any atom is 0.433 e. The van der Waals surface area contributed by atoms with E-state index < -0.39 is 41.0 Å². The summed E-state index contributed by atoms with van der Waals surface area (Å²) >= 11 is 0. The van der Waals surface area contributed by atoms with Gasteiger partial charge in [-0.3, -0.25) is 0 Å². The van der Waals surface area contributed by atoms with E-state index >= 15 is 0 Å². The molecule has 5 N–H and O–H groups in total. The average molecular weight is 384 g/mol. The molecule has 0 atom stereocenters. The van der Waals surface area contributed by atoms with Crippen LogP contribution in [0.25, 0.3) is 11.6 Å². The first-order valence-electron chi connectivity index (χ1n) is 7.07. The number of nitrogens with one attached hydrogen (secondary N) is 1. The summed E-state index contributed by atoms with van der Waals surface area (Å²) in [6.45, 7) is 0. The summed E-state index contributed by atoms with van der Waals surface area (Å²) < 4.78 is 65.1. The maximum absolute atomic E-state index is 13.3. The van der Waals surface area contributed by atoms with Gasteiger partial charge in [0.15, 0.2) is 11.5 Å². The van der Waals surface area contributed by atoms with Crippen LogP contribution in [0.3, 0.4) is 0 Å². The Labute approximate surface area is 147 Å². The third-order valence-corrected chi connectivity index (χ3v) is 3.01. The van der Waals surface area contributed by atoms with E-state index in [-0.39, 0.29) is 17.6 Å². The highest BCUT2D eigenvalue weighted by Gasteiger charge is 2.34. The largest absolute Gasteiger partial charge is 0.433 e. The number of nitrogens with zero attached hydrogens (tertiary/aromatic N) is 5. The molecule has 0 bridgehead atoms. The summed E-state index contributed by atoms with van der Waals surface area (Å²) in [5, 5.41) is 2.46. The number of rotatable bonds is 3. The van der Waals surface area contributed by atoms with Crippen molar-refractivity contribution in [1.29, 1.82) is 0 Å². The highest BCUT2D eigenvalue weighted by atomic mass is 19.4. The molecule has 0 saturated carbocycles. The topological polar surface area (TPSA) is 129 Å². The Bertz CT molecular complexity index is 987. The number of nitrogens with two attached hydrogens (primary N) is 2. The third-order valence-electron chi connectivity index (χ3n) is 3.01. The molecule has 0 saturated heterocycles. The summed E-state index contributed by atoms with van der Waals surface area (Å²) in [6.07, 6.45) is -4.77. The van der Waals surface area contributed by atoms with Gasteiger partial charge in [0.05, 0.1) is 0 Å². The second-order valence-electron chi connectivity index (χ2n) is 5.12. The van der Waals surface area contributed by atoms with E-state index in [0.717, 1.165) is 12.1 Å². The van der Waals surface area contributed by atoms with Crippen LogP contribution in [0, 0.1) is 11.6 Å². The minimum atomic E-state index is -4.77. The van der Waals surface area contributed by atoms with Gasteiger partial charge in [-0.25, -0.2) is 18.7 Å². The van der Waals surface area contributed by atoms with Crippen LogP contribution in [0.2, 0.25) is 0 Å². The van der Waals surface area contributed by atoms with Gasteiger partial charge in [-0.15, -0.1) is 0 Å². The molecule has 2 heterocycles. The molecule has 0 unspecified atom stereocenters. The third kappa shape index (κ3) is 4.31. The number of aromatic nitrogens is 5. The summed E-state index contributed by atoms with van der Waals surface area (Å²) in [5.41, 5.74) is 9.52. The van der Waals surface area contributed by atoms with Crippen LogP contribution < -0.4 is 16.8 Å². The zero-order chi connectivity index (χ0) is 19.8. The molecule has 27 heavy (non-hydrogen) atoms. The van der Waals surface area contributed by atoms with Crippen molar-refractivity contribution < 1.29 is 22.0 Å². The van der Waals surface area contributed by atoms with Crippen LogP contribution in [0.4, 0.5) is 45.4 Å². The maximum atomic E-state index is 13.3. The fourth-order valence-corrected chi connectivity index (χ4v) is 2.01. The van der Waals surface area contributed by atoms with E-state index in [1.165, 1.54) is 0 Å². The summed E-state index contributed by atoms with van der Waals surface area (Å²) in [4.78, 5) is 18.1. The molecule has 0 spiro atoms. The highest BCUT2D eigenvalue weighted by Crippen LogP contribution is 2.29. The van der Waals surface area contributed by atoms with Gasteiger partial charge in [-0.05, 0) is 12.1 Å². The standard InChI is InChI=1S/C14H9F5N8/c15-5-1-6(16)3-7(2-5)22-13-26-11(25-12(21)27-13)10-23-8(14(17,18)19)4-9(20)24-10/h1-4H,(H2,20,23,24)(H3,21,22,25,26,27). The van der Waals surface area contributed by atoms with Crippen molar-refractivity contribution in [2.45, 2.75) is 6.18 Å². The quantitative estimate of drug-likeness (QED) is 0.588. The van der Waals surface area contributed by atoms with Crippen molar-refractivity contribution in [3.05, 3.63) is 41.6 Å². The smallest absolute Gasteiger partial charge is 0.384 e. The highest BCUT2D eigenvalue weighted by molar-refractivity contribution is 5.57. The molecule has 0 aliphatic heterocycles. The van der Waals surface area contributed by atoms with Gasteiger partial charge in [0.1, 0.15) is 17.5 Å². The lowest BCUT2D eigenvalue weighted by atomic mass is 10.3. The summed E-state index contributed by atoms with van der Waals surface area (Å²) in [6, 6.07) is 3.09. The Morgan fingerprint density at radius 1 is 0.778 bits per heavy atom. The predicted octanol–water partition coefficient (Wildman–Crippen LogP) is 2.53. The van der Waals surface area contributed by atoms with Crippen LogP contribution in [-0.4, -0.2) is 24.9 Å². The number of hydrogen-bond acceptors (Lipinski definition) is 8. The fraction of sp³-hybridized carbons (Fsp3) is 0.0714. The number of halogens is 5. The lowest BCUT2D eigenvalue weighted by Gasteiger charge is -2.10. The van der Waals surface area contributed by atoms with Crippen LogP contribution in [0.1, 0.15) is 5.69 Å². The van der Waals surface area contributed by atoms with E-state index in [0.29, 0.717) is 12.1 Å². The van der Waals surface area contributed by atoms with Gasteiger partial charge in [0, 0.05) is 17.8 Å². The van der Waals surface area contributed by atoms with E-state index in [9.17, 15) is 22.0 Å². The minimum Gasteiger partial charge on any atom is -0.384 e. The molecule has 8 nitrogen and oxygen atoms in total. The van der Waals surface area contributed by atoms with Crippen molar-refractivity contribution in [2.75, 3.05) is 16.8 Å². The molecule has 0 aliphatic rings. The lowest BCUT2D eigenvalue weighted by Crippen LogP contribution is -2.12. The first-order chi connectivity index (χ1) is 12.6. The Hall–Kier alpha value is -3.64. The molecule has 140 valence electrons. The first kappa shape index (κ1) is 18.2. The van der Waals surface area contributed by atoms with Gasteiger partial charge in [-0.2, -0.15) is 28.1 Å². The fourth-order valence-electron chi connectivity index (χ4n) is 2.01. The average Bonchev–Trinajstić information content (AvgIpc) is 2.51. The van der Waals surface area contributed by atoms with Gasteiger partial charge in [0.2, 0.25) is 17.7 Å². The van der Waals surface area contributed by atoms with Crippen LogP contribution in [0.5, 0.6) is 0 Å². The summed E-state index contributed by atoms with van der Waals surface area (Å²) in [7, 11) is 0. The lowest BCUT2D eigenvalue weighted by molar-refractivity contribution is -0.141. The van der Waals surface area contributed by atoms with Crippen LogP contribution in [0.15, 0.2) is 24.3 Å². The second-order valence-corrected chi connectivity index (χ2v) is 5.12. The van der Waals surface area contributed by atoms with Gasteiger partial charge >= 0.3 is 6.18 Å². The van der Waals surface area contributed by atoms with Crippen molar-refractivity contribution >= 4 is 23.4 Å². The zero-order valence-corrected chi connectivity index (χ0v) is 13.1. The van der Waals surface area contributed by atoms with Crippen molar-refractivity contribution in [3.63, 3.8) is 0 Å². The number of benzene rings is 1. The molecule has 13 heteroatoms. The van der Waals surface area contributed by atoms with Crippen molar-refractivity contribution in [1.82, 2.24) is 24.9 Å². The van der Waals surface area contributed by atoms with E-state index in [2.05, 4.69) is 30.2 Å². The minimum absolute atomic E-state index is 0.0616. The zero-order valence-electron chi connectivity index (χ0n) is 13.1. The molecule has 2 aromatic heterocycles. The normalized spacial score (nSPS) is 11.4. The Morgan fingerprint density at radius 2 is 1.41 bits per heavy atom. The van der Waals surface area contributed by atoms with Gasteiger partial charge < -0.3 is 16.8 Å². The molecule has 0 aliphatic carbocycles. The monoisotopic (exact) mass is 384 g/mol. The Kier molecular flexibility index (Phi) is 4.43. The summed E-state index contributed by atoms with van der Waals surface area (Å²) in [5.74, 6) is -3.85. The molecule has 0 fully saturated rings. The second kappa shape index (κ2) is 6.59. The van der Waals surface area contributed by atoms with Crippen LogP contribution >= 0.6 is 0 Å². The van der Waals surface area contributed by atoms with Crippen molar-refractivity contribution in [3.8, 4) is 11.6 Å². The van der Waals surface area contributed by atoms with Gasteiger partial charge in [0.25, 0.3) is 0 Å². The molecule has 0 amide bonds. The van der Waals surface area contributed by atoms with Crippen LogP contribution in [-0.2, 0) is 6.18 Å². The van der Waals surface area contributed by atoms with Crippen molar-refractivity contribution in [2.24, 2.45) is 0 Å². The number of hydrogen-bond donors (Lipinski definition) is 3. The molecular formula is C14H9F5N8. The first-order valence-corrected chi connectivity index (χ1v) is 7.07. The van der Waals surface area contributed by atoms with Gasteiger partial charge in [-0.1, -0.05) is 0 Å². The SMILES string of the molecule is Nc1cc(C(F)(F)F)nc(-c2nc(N)nc(Nc3cc(F)cc(F)c3)n2)n1. The molecule has 1 aromatic carbocycles. The number of anilines is 4. The Morgan fingerprint density at radius 3 is 2.04 bits per heavy atom. The molecular weight excluding hydrogens is 375 g/mol.